The summed E-state index contributed by atoms with van der Waals surface area (Å²) in [4.78, 5) is 12.3. The lowest BCUT2D eigenvalue weighted by Gasteiger charge is -2.12. The molecule has 1 amide bonds. The third-order valence-corrected chi connectivity index (χ3v) is 4.92. The molecular formula is C25H20N4O2. The van der Waals surface area contributed by atoms with Gasteiger partial charge in [-0.2, -0.15) is 5.26 Å². The fourth-order valence-electron chi connectivity index (χ4n) is 3.37. The first-order valence-corrected chi connectivity index (χ1v) is 9.81. The van der Waals surface area contributed by atoms with E-state index in [-0.39, 0.29) is 12.5 Å². The molecule has 6 nitrogen and oxygen atoms in total. The van der Waals surface area contributed by atoms with Gasteiger partial charge < -0.3 is 10.1 Å². The van der Waals surface area contributed by atoms with Crippen molar-refractivity contribution in [3.8, 4) is 23.2 Å². The Morgan fingerprint density at radius 1 is 1.00 bits per heavy atom. The second-order valence-electron chi connectivity index (χ2n) is 7.25. The summed E-state index contributed by atoms with van der Waals surface area (Å²) in [5.41, 5.74) is 5.06. The van der Waals surface area contributed by atoms with E-state index in [1.165, 1.54) is 0 Å². The summed E-state index contributed by atoms with van der Waals surface area (Å²) in [6.45, 7) is 3.86. The number of anilines is 1. The molecule has 0 radical (unpaired) electrons. The number of hydrogen-bond acceptors (Lipinski definition) is 5. The van der Waals surface area contributed by atoms with Crippen molar-refractivity contribution in [1.29, 1.82) is 5.26 Å². The van der Waals surface area contributed by atoms with E-state index in [1.54, 1.807) is 24.3 Å². The maximum Gasteiger partial charge on any atom is 0.262 e. The third kappa shape index (κ3) is 4.36. The Hall–Kier alpha value is -4.24. The van der Waals surface area contributed by atoms with E-state index in [0.29, 0.717) is 17.1 Å². The number of carbonyl (C=O) groups excluding carboxylic acids is 1. The molecule has 0 spiro atoms. The number of hydrogen-bond donors (Lipinski definition) is 1. The first-order valence-electron chi connectivity index (χ1n) is 9.81. The Labute approximate surface area is 180 Å². The van der Waals surface area contributed by atoms with Crippen molar-refractivity contribution >= 4 is 22.4 Å². The molecule has 0 saturated carbocycles. The van der Waals surface area contributed by atoms with E-state index in [4.69, 9.17) is 10.00 Å². The molecule has 0 atom stereocenters. The van der Waals surface area contributed by atoms with Crippen molar-refractivity contribution in [3.63, 3.8) is 0 Å². The number of benzene rings is 3. The summed E-state index contributed by atoms with van der Waals surface area (Å²) >= 11 is 0. The highest BCUT2D eigenvalue weighted by Gasteiger charge is 2.14. The maximum absolute atomic E-state index is 12.3. The van der Waals surface area contributed by atoms with E-state index in [1.807, 2.05) is 44.2 Å². The highest BCUT2D eigenvalue weighted by atomic mass is 16.5. The molecule has 6 heteroatoms. The fourth-order valence-corrected chi connectivity index (χ4v) is 3.37. The normalized spacial score (nSPS) is 10.5. The summed E-state index contributed by atoms with van der Waals surface area (Å²) in [7, 11) is 0. The number of nitrogens with zero attached hydrogens (tertiary/aromatic N) is 3. The van der Waals surface area contributed by atoms with Crippen LogP contribution in [0.3, 0.4) is 0 Å². The van der Waals surface area contributed by atoms with Gasteiger partial charge in [-0.05, 0) is 49.7 Å². The van der Waals surface area contributed by atoms with Gasteiger partial charge in [0.05, 0.1) is 11.6 Å². The molecule has 3 aromatic carbocycles. The minimum atomic E-state index is -0.348. The van der Waals surface area contributed by atoms with E-state index in [0.717, 1.165) is 33.2 Å². The Bertz CT molecular complexity index is 1320. The van der Waals surface area contributed by atoms with Gasteiger partial charge >= 0.3 is 0 Å². The lowest BCUT2D eigenvalue weighted by Crippen LogP contribution is -2.20. The Morgan fingerprint density at radius 2 is 1.81 bits per heavy atom. The highest BCUT2D eigenvalue weighted by Crippen LogP contribution is 2.32. The van der Waals surface area contributed by atoms with Crippen molar-refractivity contribution in [2.75, 3.05) is 11.9 Å². The van der Waals surface area contributed by atoms with Crippen LogP contribution in [0.25, 0.3) is 22.0 Å². The number of carbonyl (C=O) groups is 1. The molecular weight excluding hydrogens is 388 g/mol. The molecule has 4 rings (SSSR count). The molecule has 0 aliphatic heterocycles. The average molecular weight is 408 g/mol. The Balaban J connectivity index is 1.58. The van der Waals surface area contributed by atoms with Gasteiger partial charge in [-0.15, -0.1) is 10.2 Å². The number of rotatable bonds is 5. The highest BCUT2D eigenvalue weighted by molar-refractivity contribution is 5.98. The molecule has 4 aromatic rings. The molecule has 0 bridgehead atoms. The topological polar surface area (TPSA) is 87.9 Å². The Morgan fingerprint density at radius 3 is 2.61 bits per heavy atom. The van der Waals surface area contributed by atoms with Crippen LogP contribution in [-0.4, -0.2) is 22.7 Å². The van der Waals surface area contributed by atoms with Crippen molar-refractivity contribution in [3.05, 3.63) is 83.4 Å². The molecule has 0 aliphatic rings. The number of fused-ring (bicyclic) bond motifs is 1. The zero-order chi connectivity index (χ0) is 21.8. The van der Waals surface area contributed by atoms with Gasteiger partial charge in [-0.25, -0.2) is 0 Å². The van der Waals surface area contributed by atoms with Gasteiger partial charge in [0, 0.05) is 22.0 Å². The molecule has 1 N–H and O–H groups in total. The van der Waals surface area contributed by atoms with Gasteiger partial charge in [0.2, 0.25) is 5.88 Å². The van der Waals surface area contributed by atoms with E-state index in [2.05, 4.69) is 33.7 Å². The second kappa shape index (κ2) is 8.64. The maximum atomic E-state index is 12.3. The summed E-state index contributed by atoms with van der Waals surface area (Å²) in [6, 6.07) is 22.7. The summed E-state index contributed by atoms with van der Waals surface area (Å²) < 4.78 is 5.70. The van der Waals surface area contributed by atoms with Crippen LogP contribution in [0.1, 0.15) is 16.7 Å². The summed E-state index contributed by atoms with van der Waals surface area (Å²) in [6.07, 6.45) is 0. The van der Waals surface area contributed by atoms with Crippen LogP contribution in [0, 0.1) is 25.2 Å². The first kappa shape index (κ1) is 20.0. The molecule has 1 heterocycles. The zero-order valence-corrected chi connectivity index (χ0v) is 17.2. The van der Waals surface area contributed by atoms with E-state index >= 15 is 0 Å². The van der Waals surface area contributed by atoms with Crippen LogP contribution in [0.2, 0.25) is 0 Å². The van der Waals surface area contributed by atoms with Crippen LogP contribution in [-0.2, 0) is 4.79 Å². The molecule has 0 fully saturated rings. The zero-order valence-electron chi connectivity index (χ0n) is 17.2. The molecule has 1 aromatic heterocycles. The first-order chi connectivity index (χ1) is 15.0. The van der Waals surface area contributed by atoms with Crippen LogP contribution in [0.4, 0.5) is 5.69 Å². The van der Waals surface area contributed by atoms with Crippen LogP contribution in [0.5, 0.6) is 5.88 Å². The number of aryl methyl sites for hydroxylation is 2. The number of ether oxygens (including phenoxy) is 1. The number of aromatic nitrogens is 2. The number of nitrogens with one attached hydrogen (secondary N) is 1. The van der Waals surface area contributed by atoms with Crippen molar-refractivity contribution in [2.45, 2.75) is 13.8 Å². The molecule has 152 valence electrons. The largest absolute Gasteiger partial charge is 0.466 e. The molecule has 31 heavy (non-hydrogen) atoms. The van der Waals surface area contributed by atoms with Crippen LogP contribution in [0.15, 0.2) is 66.7 Å². The Kier molecular flexibility index (Phi) is 5.59. The summed E-state index contributed by atoms with van der Waals surface area (Å²) in [5, 5.41) is 22.1. The number of amides is 1. The molecule has 0 aliphatic carbocycles. The number of nitriles is 1. The van der Waals surface area contributed by atoms with Gasteiger partial charge in [0.15, 0.2) is 6.61 Å². The molecule has 0 saturated heterocycles. The second-order valence-corrected chi connectivity index (χ2v) is 7.25. The van der Waals surface area contributed by atoms with E-state index in [9.17, 15) is 4.79 Å². The van der Waals surface area contributed by atoms with Crippen LogP contribution >= 0.6 is 0 Å². The van der Waals surface area contributed by atoms with Crippen molar-refractivity contribution in [2.24, 2.45) is 0 Å². The average Bonchev–Trinajstić information content (AvgIpc) is 2.79. The monoisotopic (exact) mass is 408 g/mol. The smallest absolute Gasteiger partial charge is 0.262 e. The van der Waals surface area contributed by atoms with Gasteiger partial charge in [0.1, 0.15) is 5.69 Å². The predicted molar refractivity (Wildman–Crippen MR) is 120 cm³/mol. The van der Waals surface area contributed by atoms with Crippen LogP contribution < -0.4 is 10.1 Å². The lowest BCUT2D eigenvalue weighted by molar-refractivity contribution is -0.118. The lowest BCUT2D eigenvalue weighted by atomic mass is 9.99. The van der Waals surface area contributed by atoms with E-state index < -0.39 is 0 Å². The minimum absolute atomic E-state index is 0.224. The molecule has 0 unspecified atom stereocenters. The third-order valence-electron chi connectivity index (χ3n) is 4.92. The predicted octanol–water partition coefficient (Wildman–Crippen LogP) is 4.80. The minimum Gasteiger partial charge on any atom is -0.466 e. The standard InChI is InChI=1S/C25H20N4O2/c1-16-10-11-17(2)22(12-16)24-20-8-3-4-9-21(20)25(29-28-24)31-15-23(30)27-19-7-5-6-18(13-19)14-26/h3-13H,15H2,1-2H3,(H,27,30). The quantitative estimate of drug-likeness (QED) is 0.512. The van der Waals surface area contributed by atoms with Gasteiger partial charge in [-0.1, -0.05) is 42.0 Å². The van der Waals surface area contributed by atoms with Gasteiger partial charge in [0.25, 0.3) is 5.91 Å². The van der Waals surface area contributed by atoms with Crippen molar-refractivity contribution < 1.29 is 9.53 Å². The van der Waals surface area contributed by atoms with Crippen molar-refractivity contribution in [1.82, 2.24) is 10.2 Å². The van der Waals surface area contributed by atoms with Gasteiger partial charge in [-0.3, -0.25) is 4.79 Å². The SMILES string of the molecule is Cc1ccc(C)c(-c2nnc(OCC(=O)Nc3cccc(C#N)c3)c3ccccc23)c1. The fraction of sp³-hybridized carbons (Fsp3) is 0.120. The summed E-state index contributed by atoms with van der Waals surface area (Å²) in [5.74, 6) is -0.0508.